The van der Waals surface area contributed by atoms with E-state index in [1.165, 1.54) is 25.3 Å². The van der Waals surface area contributed by atoms with Crippen LogP contribution in [0.2, 0.25) is 0 Å². The highest BCUT2D eigenvalue weighted by Gasteiger charge is 2.60. The first-order chi connectivity index (χ1) is 8.59. The molecule has 0 saturated heterocycles. The van der Waals surface area contributed by atoms with Crippen LogP contribution in [0.3, 0.4) is 0 Å². The Morgan fingerprint density at radius 1 is 1.16 bits per heavy atom. The molecule has 1 rings (SSSR count). The van der Waals surface area contributed by atoms with Crippen LogP contribution in [-0.4, -0.2) is 18.9 Å². The van der Waals surface area contributed by atoms with E-state index in [-0.39, 0.29) is 11.4 Å². The number of thiophene rings is 1. The van der Waals surface area contributed by atoms with Gasteiger partial charge >= 0.3 is 12.4 Å². The maximum atomic E-state index is 12.8. The molecule has 0 aromatic carbocycles. The van der Waals surface area contributed by atoms with Crippen LogP contribution >= 0.6 is 11.3 Å². The van der Waals surface area contributed by atoms with E-state index in [0.717, 1.165) is 11.3 Å². The fourth-order valence-corrected chi connectivity index (χ4v) is 2.89. The molecule has 1 aromatic heterocycles. The second-order valence-corrected chi connectivity index (χ2v) is 5.01. The highest BCUT2D eigenvalue weighted by Crippen LogP contribution is 2.47. The van der Waals surface area contributed by atoms with Gasteiger partial charge in [0.05, 0.1) is 6.04 Å². The standard InChI is InChI=1S/C11H13F6NS/c1-3-18-7(8-6(2)4-5-19-8)9(10(12,13)14)11(15,16)17/h4-5,7,9,18H,3H2,1-2H3. The van der Waals surface area contributed by atoms with E-state index < -0.39 is 24.3 Å². The average Bonchev–Trinajstić information content (AvgIpc) is 2.59. The first-order valence-electron chi connectivity index (χ1n) is 5.49. The topological polar surface area (TPSA) is 12.0 Å². The molecule has 1 atom stereocenters. The molecule has 0 spiro atoms. The minimum atomic E-state index is -5.35. The molecule has 19 heavy (non-hydrogen) atoms. The van der Waals surface area contributed by atoms with Crippen molar-refractivity contribution in [1.29, 1.82) is 0 Å². The van der Waals surface area contributed by atoms with Gasteiger partial charge < -0.3 is 5.32 Å². The number of hydrogen-bond donors (Lipinski definition) is 1. The van der Waals surface area contributed by atoms with Gasteiger partial charge in [0, 0.05) is 4.88 Å². The summed E-state index contributed by atoms with van der Waals surface area (Å²) >= 11 is 0.896. The molecular formula is C11H13F6NS. The SMILES string of the molecule is CCNC(c1sccc1C)C(C(F)(F)F)C(F)(F)F. The van der Waals surface area contributed by atoms with Gasteiger partial charge in [-0.15, -0.1) is 11.3 Å². The van der Waals surface area contributed by atoms with Crippen molar-refractivity contribution in [3.05, 3.63) is 21.9 Å². The number of rotatable bonds is 4. The zero-order chi connectivity index (χ0) is 14.8. The molecule has 110 valence electrons. The highest BCUT2D eigenvalue weighted by atomic mass is 32.1. The highest BCUT2D eigenvalue weighted by molar-refractivity contribution is 7.10. The quantitative estimate of drug-likeness (QED) is 0.811. The lowest BCUT2D eigenvalue weighted by Crippen LogP contribution is -2.45. The van der Waals surface area contributed by atoms with E-state index in [4.69, 9.17) is 0 Å². The zero-order valence-electron chi connectivity index (χ0n) is 10.2. The summed E-state index contributed by atoms with van der Waals surface area (Å²) in [5, 5.41) is 3.79. The average molecular weight is 305 g/mol. The van der Waals surface area contributed by atoms with Crippen molar-refractivity contribution in [2.75, 3.05) is 6.54 Å². The van der Waals surface area contributed by atoms with E-state index in [9.17, 15) is 26.3 Å². The zero-order valence-corrected chi connectivity index (χ0v) is 11.0. The van der Waals surface area contributed by atoms with Crippen molar-refractivity contribution < 1.29 is 26.3 Å². The Labute approximate surface area is 110 Å². The number of aryl methyl sites for hydroxylation is 1. The molecule has 0 aliphatic carbocycles. The van der Waals surface area contributed by atoms with Gasteiger partial charge in [0.2, 0.25) is 0 Å². The predicted octanol–water partition coefficient (Wildman–Crippen LogP) is 4.45. The molecule has 1 N–H and O–H groups in total. The molecule has 0 aliphatic heterocycles. The molecule has 1 aromatic rings. The van der Waals surface area contributed by atoms with Crippen LogP contribution in [0.5, 0.6) is 0 Å². The van der Waals surface area contributed by atoms with Gasteiger partial charge in [0.15, 0.2) is 5.92 Å². The van der Waals surface area contributed by atoms with Crippen LogP contribution in [-0.2, 0) is 0 Å². The molecule has 0 radical (unpaired) electrons. The van der Waals surface area contributed by atoms with Crippen LogP contribution in [0.4, 0.5) is 26.3 Å². The van der Waals surface area contributed by atoms with Gasteiger partial charge in [0.25, 0.3) is 0 Å². The van der Waals surface area contributed by atoms with Crippen molar-refractivity contribution in [3.8, 4) is 0 Å². The van der Waals surface area contributed by atoms with E-state index in [1.807, 2.05) is 0 Å². The molecule has 0 fully saturated rings. The Bertz CT molecular complexity index is 394. The number of hydrogen-bond acceptors (Lipinski definition) is 2. The summed E-state index contributed by atoms with van der Waals surface area (Å²) in [5.74, 6) is -3.41. The number of nitrogens with one attached hydrogen (secondary N) is 1. The predicted molar refractivity (Wildman–Crippen MR) is 61.1 cm³/mol. The minimum absolute atomic E-state index is 0.0185. The summed E-state index contributed by atoms with van der Waals surface area (Å²) < 4.78 is 76.5. The van der Waals surface area contributed by atoms with Crippen LogP contribution in [0.25, 0.3) is 0 Å². The second kappa shape index (κ2) is 5.70. The van der Waals surface area contributed by atoms with Crippen molar-refractivity contribution in [3.63, 3.8) is 0 Å². The Balaban J connectivity index is 3.25. The Morgan fingerprint density at radius 2 is 1.68 bits per heavy atom. The van der Waals surface area contributed by atoms with Gasteiger partial charge in [-0.2, -0.15) is 26.3 Å². The van der Waals surface area contributed by atoms with Crippen molar-refractivity contribution >= 4 is 11.3 Å². The van der Waals surface area contributed by atoms with E-state index in [1.54, 1.807) is 0 Å². The van der Waals surface area contributed by atoms with Gasteiger partial charge in [0.1, 0.15) is 0 Å². The van der Waals surface area contributed by atoms with E-state index in [2.05, 4.69) is 5.32 Å². The Hall–Kier alpha value is -0.760. The van der Waals surface area contributed by atoms with Gasteiger partial charge in [-0.05, 0) is 30.5 Å². The molecule has 1 heterocycles. The van der Waals surface area contributed by atoms with Crippen molar-refractivity contribution in [2.24, 2.45) is 5.92 Å². The van der Waals surface area contributed by atoms with Crippen LogP contribution < -0.4 is 5.32 Å². The van der Waals surface area contributed by atoms with E-state index >= 15 is 0 Å². The van der Waals surface area contributed by atoms with Gasteiger partial charge in [-0.25, -0.2) is 0 Å². The lowest BCUT2D eigenvalue weighted by molar-refractivity contribution is -0.292. The maximum absolute atomic E-state index is 12.8. The van der Waals surface area contributed by atoms with Crippen LogP contribution in [0.15, 0.2) is 11.4 Å². The fourth-order valence-electron chi connectivity index (χ4n) is 1.85. The molecule has 0 amide bonds. The Kier molecular flexibility index (Phi) is 4.89. The van der Waals surface area contributed by atoms with Crippen molar-refractivity contribution in [1.82, 2.24) is 5.32 Å². The van der Waals surface area contributed by atoms with Crippen molar-refractivity contribution in [2.45, 2.75) is 32.2 Å². The third-order valence-electron chi connectivity index (χ3n) is 2.65. The maximum Gasteiger partial charge on any atom is 0.402 e. The molecule has 1 unspecified atom stereocenters. The van der Waals surface area contributed by atoms with Gasteiger partial charge in [-0.1, -0.05) is 6.92 Å². The molecular weight excluding hydrogens is 292 g/mol. The Morgan fingerprint density at radius 3 is 2.00 bits per heavy atom. The molecule has 0 saturated carbocycles. The minimum Gasteiger partial charge on any atom is -0.309 e. The first kappa shape index (κ1) is 16.3. The van der Waals surface area contributed by atoms with Gasteiger partial charge in [-0.3, -0.25) is 0 Å². The number of alkyl halides is 6. The largest absolute Gasteiger partial charge is 0.402 e. The summed E-state index contributed by atoms with van der Waals surface area (Å²) in [4.78, 5) is 0.0708. The second-order valence-electron chi connectivity index (χ2n) is 4.06. The molecule has 8 heteroatoms. The summed E-state index contributed by atoms with van der Waals surface area (Å²) in [6.45, 7) is 2.99. The third kappa shape index (κ3) is 3.85. The summed E-state index contributed by atoms with van der Waals surface area (Å²) in [6.07, 6.45) is -10.7. The smallest absolute Gasteiger partial charge is 0.309 e. The fraction of sp³-hybridized carbons (Fsp3) is 0.636. The molecule has 0 bridgehead atoms. The summed E-state index contributed by atoms with van der Waals surface area (Å²) in [5.41, 5.74) is 0.425. The van der Waals surface area contributed by atoms with E-state index in [0.29, 0.717) is 5.56 Å². The lowest BCUT2D eigenvalue weighted by atomic mass is 9.95. The van der Waals surface area contributed by atoms with Crippen LogP contribution in [0, 0.1) is 12.8 Å². The number of halogens is 6. The normalized spacial score (nSPS) is 15.0. The molecule has 1 nitrogen and oxygen atoms in total. The first-order valence-corrected chi connectivity index (χ1v) is 6.37. The molecule has 0 aliphatic rings. The van der Waals surface area contributed by atoms with Crippen LogP contribution in [0.1, 0.15) is 23.4 Å². The summed E-state index contributed by atoms with van der Waals surface area (Å²) in [7, 11) is 0. The monoisotopic (exact) mass is 305 g/mol. The third-order valence-corrected chi connectivity index (χ3v) is 3.75. The lowest BCUT2D eigenvalue weighted by Gasteiger charge is -2.31. The summed E-state index contributed by atoms with van der Waals surface area (Å²) in [6, 6.07) is -0.293.